The molecule has 0 unspecified atom stereocenters. The third-order valence-corrected chi connectivity index (χ3v) is 5.73. The fourth-order valence-corrected chi connectivity index (χ4v) is 3.98. The summed E-state index contributed by atoms with van der Waals surface area (Å²) in [5.41, 5.74) is 1.89. The standard InChI is InChI=1S/C23H33FN4O2/c1-3-25-22(27-17-23(13-15-29-2)11-4-5-12-23)26-14-10-20-16-30-21(28-20)18-6-8-19(24)9-7-18/h6-9,16H,3-5,10-15,17H2,1-2H3,(H2,25,26,27). The maximum atomic E-state index is 13.1. The fourth-order valence-electron chi connectivity index (χ4n) is 3.98. The molecule has 7 heteroatoms. The molecule has 1 saturated carbocycles. The molecule has 0 radical (unpaired) electrons. The Labute approximate surface area is 178 Å². The highest BCUT2D eigenvalue weighted by Crippen LogP contribution is 2.41. The molecule has 164 valence electrons. The van der Waals surface area contributed by atoms with Gasteiger partial charge in [-0.1, -0.05) is 12.8 Å². The molecule has 1 aliphatic carbocycles. The van der Waals surface area contributed by atoms with E-state index in [1.54, 1.807) is 25.5 Å². The first-order chi connectivity index (χ1) is 14.6. The van der Waals surface area contributed by atoms with Gasteiger partial charge < -0.3 is 19.8 Å². The zero-order valence-electron chi connectivity index (χ0n) is 18.0. The molecule has 1 fully saturated rings. The average Bonchev–Trinajstić information content (AvgIpc) is 3.41. The number of benzene rings is 1. The second-order valence-corrected chi connectivity index (χ2v) is 7.97. The van der Waals surface area contributed by atoms with Crippen molar-refractivity contribution in [1.82, 2.24) is 15.6 Å². The van der Waals surface area contributed by atoms with Crippen LogP contribution < -0.4 is 10.6 Å². The van der Waals surface area contributed by atoms with Crippen molar-refractivity contribution in [1.29, 1.82) is 0 Å². The number of aromatic nitrogens is 1. The number of aliphatic imine (C=N–C) groups is 1. The topological polar surface area (TPSA) is 71.7 Å². The second-order valence-electron chi connectivity index (χ2n) is 7.97. The molecule has 1 aromatic heterocycles. The lowest BCUT2D eigenvalue weighted by atomic mass is 9.83. The van der Waals surface area contributed by atoms with Crippen LogP contribution >= 0.6 is 0 Å². The van der Waals surface area contributed by atoms with Gasteiger partial charge in [-0.15, -0.1) is 0 Å². The van der Waals surface area contributed by atoms with Crippen molar-refractivity contribution in [2.45, 2.75) is 45.4 Å². The van der Waals surface area contributed by atoms with E-state index in [1.165, 1.54) is 37.8 Å². The third-order valence-electron chi connectivity index (χ3n) is 5.73. The van der Waals surface area contributed by atoms with Crippen LogP contribution in [0.1, 0.15) is 44.7 Å². The van der Waals surface area contributed by atoms with Gasteiger partial charge in [0.05, 0.1) is 5.69 Å². The number of methoxy groups -OCH3 is 1. The summed E-state index contributed by atoms with van der Waals surface area (Å²) < 4.78 is 23.9. The molecule has 1 aromatic carbocycles. The van der Waals surface area contributed by atoms with Gasteiger partial charge in [-0.2, -0.15) is 0 Å². The Morgan fingerprint density at radius 2 is 2.00 bits per heavy atom. The lowest BCUT2D eigenvalue weighted by Gasteiger charge is -2.27. The highest BCUT2D eigenvalue weighted by Gasteiger charge is 2.33. The summed E-state index contributed by atoms with van der Waals surface area (Å²) in [6.07, 6.45) is 8.45. The maximum Gasteiger partial charge on any atom is 0.226 e. The number of hydrogen-bond donors (Lipinski definition) is 2. The highest BCUT2D eigenvalue weighted by atomic mass is 19.1. The van der Waals surface area contributed by atoms with E-state index < -0.39 is 0 Å². The van der Waals surface area contributed by atoms with Crippen molar-refractivity contribution < 1.29 is 13.5 Å². The van der Waals surface area contributed by atoms with Crippen LogP contribution in [0.5, 0.6) is 0 Å². The second kappa shape index (κ2) is 11.1. The van der Waals surface area contributed by atoms with Crippen molar-refractivity contribution in [2.24, 2.45) is 10.4 Å². The number of oxazole rings is 1. The summed E-state index contributed by atoms with van der Waals surface area (Å²) in [6, 6.07) is 6.15. The molecule has 1 aliphatic rings. The van der Waals surface area contributed by atoms with Gasteiger partial charge in [0.15, 0.2) is 5.96 Å². The van der Waals surface area contributed by atoms with Gasteiger partial charge in [0, 0.05) is 45.3 Å². The van der Waals surface area contributed by atoms with Crippen LogP contribution in [0.3, 0.4) is 0 Å². The molecule has 0 saturated heterocycles. The van der Waals surface area contributed by atoms with Crippen LogP contribution in [0, 0.1) is 11.2 Å². The zero-order valence-corrected chi connectivity index (χ0v) is 18.0. The van der Waals surface area contributed by atoms with Crippen molar-refractivity contribution in [3.63, 3.8) is 0 Å². The Balaban J connectivity index is 1.53. The van der Waals surface area contributed by atoms with Crippen LogP contribution in [0.25, 0.3) is 11.5 Å². The first-order valence-corrected chi connectivity index (χ1v) is 10.9. The first kappa shape index (κ1) is 22.3. The van der Waals surface area contributed by atoms with Crippen LogP contribution in [0.4, 0.5) is 4.39 Å². The Hall–Kier alpha value is -2.41. The van der Waals surface area contributed by atoms with E-state index in [9.17, 15) is 4.39 Å². The molecule has 6 nitrogen and oxygen atoms in total. The smallest absolute Gasteiger partial charge is 0.226 e. The van der Waals surface area contributed by atoms with Crippen LogP contribution in [0.15, 0.2) is 39.9 Å². The number of ether oxygens (including phenoxy) is 1. The number of nitrogens with one attached hydrogen (secondary N) is 2. The van der Waals surface area contributed by atoms with Crippen molar-refractivity contribution >= 4 is 5.96 Å². The molecule has 30 heavy (non-hydrogen) atoms. The normalized spacial score (nSPS) is 16.0. The van der Waals surface area contributed by atoms with Gasteiger partial charge in [0.25, 0.3) is 0 Å². The molecule has 0 atom stereocenters. The number of halogens is 1. The van der Waals surface area contributed by atoms with Gasteiger partial charge in [-0.3, -0.25) is 4.99 Å². The summed E-state index contributed by atoms with van der Waals surface area (Å²) in [5, 5.41) is 6.73. The molecule has 0 spiro atoms. The van der Waals surface area contributed by atoms with Crippen LogP contribution in [-0.4, -0.2) is 44.3 Å². The fraction of sp³-hybridized carbons (Fsp3) is 0.565. The van der Waals surface area contributed by atoms with E-state index in [0.29, 0.717) is 18.9 Å². The molecule has 3 rings (SSSR count). The van der Waals surface area contributed by atoms with E-state index in [2.05, 4.69) is 22.5 Å². The Kier molecular flexibility index (Phi) is 8.25. The van der Waals surface area contributed by atoms with Gasteiger partial charge in [0.2, 0.25) is 5.89 Å². The summed E-state index contributed by atoms with van der Waals surface area (Å²) in [4.78, 5) is 9.38. The lowest BCUT2D eigenvalue weighted by Crippen LogP contribution is -2.39. The molecule has 0 amide bonds. The van der Waals surface area contributed by atoms with E-state index >= 15 is 0 Å². The lowest BCUT2D eigenvalue weighted by molar-refractivity contribution is 0.141. The summed E-state index contributed by atoms with van der Waals surface area (Å²) >= 11 is 0. The number of hydrogen-bond acceptors (Lipinski definition) is 4. The van der Waals surface area contributed by atoms with Crippen molar-refractivity contribution in [3.05, 3.63) is 42.0 Å². The van der Waals surface area contributed by atoms with Crippen LogP contribution in [-0.2, 0) is 11.2 Å². The van der Waals surface area contributed by atoms with Gasteiger partial charge in [-0.25, -0.2) is 9.37 Å². The maximum absolute atomic E-state index is 13.1. The first-order valence-electron chi connectivity index (χ1n) is 10.9. The molecule has 0 aliphatic heterocycles. The zero-order chi connectivity index (χ0) is 21.2. The molecular formula is C23H33FN4O2. The number of guanidine groups is 1. The number of nitrogens with zero attached hydrogens (tertiary/aromatic N) is 2. The van der Waals surface area contributed by atoms with E-state index in [0.717, 1.165) is 43.3 Å². The summed E-state index contributed by atoms with van der Waals surface area (Å²) in [5.74, 6) is 1.07. The molecule has 2 aromatic rings. The van der Waals surface area contributed by atoms with Gasteiger partial charge in [-0.05, 0) is 55.9 Å². The third kappa shape index (κ3) is 6.29. The Morgan fingerprint density at radius 1 is 1.23 bits per heavy atom. The van der Waals surface area contributed by atoms with E-state index in [4.69, 9.17) is 14.1 Å². The highest BCUT2D eigenvalue weighted by molar-refractivity contribution is 5.79. The Bertz CT molecular complexity index is 798. The molecular weight excluding hydrogens is 383 g/mol. The predicted octanol–water partition coefficient (Wildman–Crippen LogP) is 4.18. The summed E-state index contributed by atoms with van der Waals surface area (Å²) in [7, 11) is 1.77. The quantitative estimate of drug-likeness (QED) is 0.449. The monoisotopic (exact) mass is 416 g/mol. The minimum Gasteiger partial charge on any atom is -0.444 e. The summed E-state index contributed by atoms with van der Waals surface area (Å²) in [6.45, 7) is 5.20. The largest absolute Gasteiger partial charge is 0.444 e. The predicted molar refractivity (Wildman–Crippen MR) is 117 cm³/mol. The SMILES string of the molecule is CCNC(=NCC1(CCOC)CCCC1)NCCc1coc(-c2ccc(F)cc2)n1. The van der Waals surface area contributed by atoms with Gasteiger partial charge in [0.1, 0.15) is 12.1 Å². The minimum atomic E-state index is -0.272. The van der Waals surface area contributed by atoms with Crippen molar-refractivity contribution in [3.8, 4) is 11.5 Å². The molecule has 2 N–H and O–H groups in total. The van der Waals surface area contributed by atoms with Crippen LogP contribution in [0.2, 0.25) is 0 Å². The average molecular weight is 417 g/mol. The minimum absolute atomic E-state index is 0.272. The molecule has 0 bridgehead atoms. The van der Waals surface area contributed by atoms with E-state index in [1.807, 2.05) is 0 Å². The van der Waals surface area contributed by atoms with E-state index in [-0.39, 0.29) is 11.2 Å². The van der Waals surface area contributed by atoms with Crippen molar-refractivity contribution in [2.75, 3.05) is 33.4 Å². The Morgan fingerprint density at radius 3 is 2.70 bits per heavy atom. The number of rotatable bonds is 10. The molecule has 1 heterocycles. The van der Waals surface area contributed by atoms with Gasteiger partial charge >= 0.3 is 0 Å².